The summed E-state index contributed by atoms with van der Waals surface area (Å²) in [7, 11) is 0. The van der Waals surface area contributed by atoms with E-state index in [4.69, 9.17) is 16.3 Å². The van der Waals surface area contributed by atoms with E-state index < -0.39 is 0 Å². The van der Waals surface area contributed by atoms with Crippen LogP contribution >= 0.6 is 11.6 Å². The van der Waals surface area contributed by atoms with Crippen LogP contribution in [0.5, 0.6) is 0 Å². The zero-order valence-electron chi connectivity index (χ0n) is 13.5. The van der Waals surface area contributed by atoms with Gasteiger partial charge in [-0.25, -0.2) is 0 Å². The monoisotopic (exact) mass is 355 g/mol. The number of hydrogen-bond acceptors (Lipinski definition) is 3. The molecule has 0 aliphatic heterocycles. The molecular formula is C19H18ClN3O2. The SMILES string of the molecule is O=CNCCOC(c1ccc(Cl)cc1)c1ccc(-c2cn[nH]c2)cc1. The van der Waals surface area contributed by atoms with Gasteiger partial charge in [0, 0.05) is 23.3 Å². The van der Waals surface area contributed by atoms with E-state index in [9.17, 15) is 4.79 Å². The van der Waals surface area contributed by atoms with Crippen molar-refractivity contribution in [1.29, 1.82) is 0 Å². The van der Waals surface area contributed by atoms with Gasteiger partial charge in [-0.2, -0.15) is 5.10 Å². The molecule has 0 aliphatic carbocycles. The van der Waals surface area contributed by atoms with Crippen LogP contribution in [0.3, 0.4) is 0 Å². The molecule has 2 N–H and O–H groups in total. The van der Waals surface area contributed by atoms with Crippen molar-refractivity contribution < 1.29 is 9.53 Å². The molecule has 2 aromatic carbocycles. The highest BCUT2D eigenvalue weighted by molar-refractivity contribution is 6.30. The second kappa shape index (κ2) is 8.46. The summed E-state index contributed by atoms with van der Waals surface area (Å²) >= 11 is 5.99. The molecule has 6 heteroatoms. The second-order valence-corrected chi connectivity index (χ2v) is 5.92. The van der Waals surface area contributed by atoms with Crippen LogP contribution in [-0.4, -0.2) is 29.8 Å². The number of carbonyl (C=O) groups excluding carboxylic acids is 1. The third-order valence-electron chi connectivity index (χ3n) is 3.83. The number of rotatable bonds is 8. The van der Waals surface area contributed by atoms with E-state index in [1.54, 1.807) is 6.20 Å². The zero-order chi connectivity index (χ0) is 17.5. The van der Waals surface area contributed by atoms with Crippen molar-refractivity contribution in [2.75, 3.05) is 13.2 Å². The van der Waals surface area contributed by atoms with Gasteiger partial charge < -0.3 is 10.1 Å². The first-order chi connectivity index (χ1) is 12.3. The number of aromatic nitrogens is 2. The first kappa shape index (κ1) is 17.2. The number of benzene rings is 2. The van der Waals surface area contributed by atoms with Crippen molar-refractivity contribution in [1.82, 2.24) is 15.5 Å². The van der Waals surface area contributed by atoms with Gasteiger partial charge in [0.05, 0.1) is 12.8 Å². The summed E-state index contributed by atoms with van der Waals surface area (Å²) in [6.45, 7) is 0.871. The topological polar surface area (TPSA) is 67.0 Å². The minimum Gasteiger partial charge on any atom is -0.367 e. The predicted octanol–water partition coefficient (Wildman–Crippen LogP) is 3.58. The van der Waals surface area contributed by atoms with Crippen LogP contribution in [0.4, 0.5) is 0 Å². The lowest BCUT2D eigenvalue weighted by molar-refractivity contribution is -0.109. The highest BCUT2D eigenvalue weighted by Gasteiger charge is 2.15. The van der Waals surface area contributed by atoms with Crippen molar-refractivity contribution in [3.05, 3.63) is 77.1 Å². The van der Waals surface area contributed by atoms with E-state index in [-0.39, 0.29) is 6.10 Å². The van der Waals surface area contributed by atoms with E-state index >= 15 is 0 Å². The van der Waals surface area contributed by atoms with E-state index in [0.29, 0.717) is 24.6 Å². The van der Waals surface area contributed by atoms with Gasteiger partial charge >= 0.3 is 0 Å². The number of halogens is 1. The molecule has 25 heavy (non-hydrogen) atoms. The normalized spacial score (nSPS) is 11.9. The quantitative estimate of drug-likeness (QED) is 0.479. The number of hydrogen-bond donors (Lipinski definition) is 2. The minimum atomic E-state index is -0.232. The Morgan fingerprint density at radius 1 is 1.08 bits per heavy atom. The maximum absolute atomic E-state index is 10.4. The zero-order valence-corrected chi connectivity index (χ0v) is 14.2. The lowest BCUT2D eigenvalue weighted by atomic mass is 9.99. The molecule has 3 rings (SSSR count). The Bertz CT molecular complexity index is 787. The van der Waals surface area contributed by atoms with Crippen LogP contribution in [-0.2, 0) is 9.53 Å². The predicted molar refractivity (Wildman–Crippen MR) is 97.3 cm³/mol. The summed E-state index contributed by atoms with van der Waals surface area (Å²) in [5.74, 6) is 0. The van der Waals surface area contributed by atoms with Gasteiger partial charge in [-0.05, 0) is 28.8 Å². The van der Waals surface area contributed by atoms with Crippen molar-refractivity contribution in [2.45, 2.75) is 6.10 Å². The molecule has 0 bridgehead atoms. The maximum atomic E-state index is 10.4. The standard InChI is InChI=1S/C19H18ClN3O2/c20-18-7-5-16(6-8-18)19(25-10-9-21-13-24)15-3-1-14(2-4-15)17-11-22-23-12-17/h1-8,11-13,19H,9-10H2,(H,21,24)(H,22,23). The molecule has 0 saturated heterocycles. The summed E-state index contributed by atoms with van der Waals surface area (Å²) in [6, 6.07) is 15.7. The third kappa shape index (κ3) is 4.47. The van der Waals surface area contributed by atoms with Gasteiger partial charge in [0.25, 0.3) is 0 Å². The van der Waals surface area contributed by atoms with Gasteiger partial charge in [-0.3, -0.25) is 9.89 Å². The number of carbonyl (C=O) groups is 1. The van der Waals surface area contributed by atoms with Crippen LogP contribution < -0.4 is 5.32 Å². The smallest absolute Gasteiger partial charge is 0.207 e. The molecule has 0 fully saturated rings. The van der Waals surface area contributed by atoms with Gasteiger partial charge in [0.15, 0.2) is 0 Å². The van der Waals surface area contributed by atoms with Crippen molar-refractivity contribution in [2.24, 2.45) is 0 Å². The van der Waals surface area contributed by atoms with Gasteiger partial charge in [0.1, 0.15) is 6.10 Å². The third-order valence-corrected chi connectivity index (χ3v) is 4.08. The molecule has 0 spiro atoms. The second-order valence-electron chi connectivity index (χ2n) is 5.48. The number of ether oxygens (including phenoxy) is 1. The van der Waals surface area contributed by atoms with Crippen LogP contribution in [0, 0.1) is 0 Å². The Morgan fingerprint density at radius 3 is 2.36 bits per heavy atom. The summed E-state index contributed by atoms with van der Waals surface area (Å²) in [4.78, 5) is 10.4. The number of H-pyrrole nitrogens is 1. The summed E-state index contributed by atoms with van der Waals surface area (Å²) in [5, 5.41) is 10.1. The first-order valence-corrected chi connectivity index (χ1v) is 8.29. The molecule has 3 aromatic rings. The number of amides is 1. The molecule has 0 aliphatic rings. The van der Waals surface area contributed by atoms with Gasteiger partial charge in [-0.1, -0.05) is 48.0 Å². The fourth-order valence-corrected chi connectivity index (χ4v) is 2.70. The van der Waals surface area contributed by atoms with Crippen LogP contribution in [0.2, 0.25) is 5.02 Å². The average molecular weight is 356 g/mol. The van der Waals surface area contributed by atoms with E-state index in [0.717, 1.165) is 22.3 Å². The van der Waals surface area contributed by atoms with Crippen molar-refractivity contribution >= 4 is 18.0 Å². The van der Waals surface area contributed by atoms with E-state index in [1.807, 2.05) is 54.7 Å². The molecular weight excluding hydrogens is 338 g/mol. The van der Waals surface area contributed by atoms with Crippen molar-refractivity contribution in [3.8, 4) is 11.1 Å². The fourth-order valence-electron chi connectivity index (χ4n) is 2.58. The molecule has 0 saturated carbocycles. The Hall–Kier alpha value is -2.63. The van der Waals surface area contributed by atoms with Crippen LogP contribution in [0.25, 0.3) is 11.1 Å². The molecule has 1 atom stereocenters. The highest BCUT2D eigenvalue weighted by Crippen LogP contribution is 2.29. The summed E-state index contributed by atoms with van der Waals surface area (Å²) in [6.07, 6.45) is 4.07. The molecule has 1 amide bonds. The van der Waals surface area contributed by atoms with Crippen LogP contribution in [0.15, 0.2) is 60.9 Å². The Kier molecular flexibility index (Phi) is 5.82. The lowest BCUT2D eigenvalue weighted by Gasteiger charge is -2.19. The minimum absolute atomic E-state index is 0.232. The number of nitrogens with zero attached hydrogens (tertiary/aromatic N) is 1. The average Bonchev–Trinajstić information content (AvgIpc) is 3.18. The molecule has 1 unspecified atom stereocenters. The van der Waals surface area contributed by atoms with E-state index in [1.165, 1.54) is 0 Å². The molecule has 1 aromatic heterocycles. The first-order valence-electron chi connectivity index (χ1n) is 7.91. The Morgan fingerprint density at radius 2 is 1.76 bits per heavy atom. The lowest BCUT2D eigenvalue weighted by Crippen LogP contribution is -2.19. The van der Waals surface area contributed by atoms with Gasteiger partial charge in [-0.15, -0.1) is 0 Å². The van der Waals surface area contributed by atoms with Gasteiger partial charge in [0.2, 0.25) is 6.41 Å². The van der Waals surface area contributed by atoms with Crippen molar-refractivity contribution in [3.63, 3.8) is 0 Å². The highest BCUT2D eigenvalue weighted by atomic mass is 35.5. The largest absolute Gasteiger partial charge is 0.367 e. The molecule has 0 radical (unpaired) electrons. The summed E-state index contributed by atoms with van der Waals surface area (Å²) < 4.78 is 6.00. The van der Waals surface area contributed by atoms with Crippen LogP contribution in [0.1, 0.15) is 17.2 Å². The maximum Gasteiger partial charge on any atom is 0.207 e. The Labute approximate surface area is 151 Å². The Balaban J connectivity index is 1.82. The fraction of sp³-hybridized carbons (Fsp3) is 0.158. The number of aromatic amines is 1. The van der Waals surface area contributed by atoms with E-state index in [2.05, 4.69) is 15.5 Å². The molecule has 1 heterocycles. The molecule has 128 valence electrons. The summed E-state index contributed by atoms with van der Waals surface area (Å²) in [5.41, 5.74) is 4.15. The number of nitrogens with one attached hydrogen (secondary N) is 2. The molecule has 5 nitrogen and oxygen atoms in total.